The number of nitrogens with zero attached hydrogens (tertiary/aromatic N) is 3. The average Bonchev–Trinajstić information content (AvgIpc) is 3.07. The predicted molar refractivity (Wildman–Crippen MR) is 99.2 cm³/mol. The molecule has 5 heteroatoms. The molecule has 1 atom stereocenters. The lowest BCUT2D eigenvalue weighted by atomic mass is 10.2. The molecule has 1 aromatic carbocycles. The Morgan fingerprint density at radius 3 is 2.60 bits per heavy atom. The molecule has 0 bridgehead atoms. The van der Waals surface area contributed by atoms with Gasteiger partial charge in [0, 0.05) is 38.8 Å². The van der Waals surface area contributed by atoms with Crippen LogP contribution in [0.1, 0.15) is 31.2 Å². The van der Waals surface area contributed by atoms with Gasteiger partial charge in [-0.1, -0.05) is 43.2 Å². The van der Waals surface area contributed by atoms with Crippen LogP contribution in [0.4, 0.5) is 0 Å². The molecule has 1 aromatic rings. The zero-order valence-corrected chi connectivity index (χ0v) is 15.3. The number of carbonyl (C=O) groups excluding carboxylic acids is 1. The van der Waals surface area contributed by atoms with Crippen LogP contribution in [0.5, 0.6) is 0 Å². The van der Waals surface area contributed by atoms with E-state index in [4.69, 9.17) is 0 Å². The lowest BCUT2D eigenvalue weighted by Crippen LogP contribution is -2.44. The summed E-state index contributed by atoms with van der Waals surface area (Å²) < 4.78 is 0. The number of amides is 1. The van der Waals surface area contributed by atoms with Crippen molar-refractivity contribution < 1.29 is 9.90 Å². The van der Waals surface area contributed by atoms with Crippen LogP contribution < -0.4 is 0 Å². The first-order valence-electron chi connectivity index (χ1n) is 9.54. The number of hydrogen-bond acceptors (Lipinski definition) is 4. The van der Waals surface area contributed by atoms with Gasteiger partial charge in [0.1, 0.15) is 0 Å². The standard InChI is InChI=1S/C20H31N3O2/c1-21(18-9-5-6-10-18)16-20(25)23-12-11-22(14-19(24)15-23)13-17-7-3-2-4-8-17/h2-4,7-8,18-19,24H,5-6,9-16H2,1H3/t19-/m0/s1. The van der Waals surface area contributed by atoms with Crippen LogP contribution in [0.3, 0.4) is 0 Å². The van der Waals surface area contributed by atoms with E-state index in [1.165, 1.54) is 31.2 Å². The molecule has 1 saturated heterocycles. The summed E-state index contributed by atoms with van der Waals surface area (Å²) in [5.74, 6) is 0.148. The highest BCUT2D eigenvalue weighted by Crippen LogP contribution is 2.22. The summed E-state index contributed by atoms with van der Waals surface area (Å²) in [6.07, 6.45) is 4.49. The van der Waals surface area contributed by atoms with Gasteiger partial charge in [0.15, 0.2) is 0 Å². The van der Waals surface area contributed by atoms with E-state index in [9.17, 15) is 9.90 Å². The van der Waals surface area contributed by atoms with Crippen molar-refractivity contribution in [3.63, 3.8) is 0 Å². The Morgan fingerprint density at radius 1 is 1.16 bits per heavy atom. The highest BCUT2D eigenvalue weighted by molar-refractivity contribution is 5.78. The summed E-state index contributed by atoms with van der Waals surface area (Å²) in [4.78, 5) is 19.0. The molecule has 138 valence electrons. The van der Waals surface area contributed by atoms with E-state index < -0.39 is 6.10 Å². The van der Waals surface area contributed by atoms with E-state index in [1.807, 2.05) is 23.1 Å². The van der Waals surface area contributed by atoms with Crippen LogP contribution >= 0.6 is 0 Å². The summed E-state index contributed by atoms with van der Waals surface area (Å²) >= 11 is 0. The molecule has 1 heterocycles. The van der Waals surface area contributed by atoms with Gasteiger partial charge < -0.3 is 10.0 Å². The Balaban J connectivity index is 1.52. The van der Waals surface area contributed by atoms with Gasteiger partial charge in [-0.15, -0.1) is 0 Å². The summed E-state index contributed by atoms with van der Waals surface area (Å²) in [5, 5.41) is 10.4. The van der Waals surface area contributed by atoms with Crippen LogP contribution in [0, 0.1) is 0 Å². The Bertz CT molecular complexity index is 545. The highest BCUT2D eigenvalue weighted by atomic mass is 16.3. The van der Waals surface area contributed by atoms with Gasteiger partial charge in [-0.25, -0.2) is 0 Å². The van der Waals surface area contributed by atoms with Crippen molar-refractivity contribution in [1.29, 1.82) is 0 Å². The molecule has 2 aliphatic rings. The van der Waals surface area contributed by atoms with Crippen LogP contribution in [-0.2, 0) is 11.3 Å². The maximum absolute atomic E-state index is 12.7. The Kier molecular flexibility index (Phi) is 6.45. The first kappa shape index (κ1) is 18.4. The van der Waals surface area contributed by atoms with E-state index in [1.54, 1.807) is 0 Å². The van der Waals surface area contributed by atoms with Crippen LogP contribution in [0.15, 0.2) is 30.3 Å². The van der Waals surface area contributed by atoms with Gasteiger partial charge >= 0.3 is 0 Å². The summed E-state index contributed by atoms with van der Waals surface area (Å²) in [6, 6.07) is 10.9. The number of carbonyl (C=O) groups is 1. The second-order valence-corrected chi connectivity index (χ2v) is 7.57. The monoisotopic (exact) mass is 345 g/mol. The predicted octanol–water partition coefficient (Wildman–Crippen LogP) is 1.57. The fraction of sp³-hybridized carbons (Fsp3) is 0.650. The number of aliphatic hydroxyl groups is 1. The fourth-order valence-electron chi connectivity index (χ4n) is 4.05. The minimum Gasteiger partial charge on any atom is -0.390 e. The molecule has 1 amide bonds. The van der Waals surface area contributed by atoms with Gasteiger partial charge in [-0.05, 0) is 25.5 Å². The summed E-state index contributed by atoms with van der Waals surface area (Å²) in [6.45, 7) is 3.86. The molecule has 0 aromatic heterocycles. The minimum atomic E-state index is -0.480. The average molecular weight is 345 g/mol. The molecule has 0 spiro atoms. The second-order valence-electron chi connectivity index (χ2n) is 7.57. The van der Waals surface area contributed by atoms with Gasteiger partial charge in [0.05, 0.1) is 12.6 Å². The van der Waals surface area contributed by atoms with Crippen molar-refractivity contribution in [2.24, 2.45) is 0 Å². The number of likely N-dealkylation sites (N-methyl/N-ethyl adjacent to an activating group) is 1. The van der Waals surface area contributed by atoms with E-state index in [2.05, 4.69) is 29.0 Å². The molecule has 1 N–H and O–H groups in total. The summed E-state index contributed by atoms with van der Waals surface area (Å²) in [7, 11) is 2.06. The molecule has 3 rings (SSSR count). The first-order valence-corrected chi connectivity index (χ1v) is 9.54. The molecule has 1 aliphatic heterocycles. The normalized spacial score (nSPS) is 23.2. The maximum Gasteiger partial charge on any atom is 0.236 e. The number of rotatable bonds is 5. The third kappa shape index (κ3) is 5.27. The molecule has 1 saturated carbocycles. The zero-order valence-electron chi connectivity index (χ0n) is 15.3. The van der Waals surface area contributed by atoms with E-state index in [0.717, 1.165) is 13.1 Å². The molecule has 5 nitrogen and oxygen atoms in total. The lowest BCUT2D eigenvalue weighted by Gasteiger charge is -2.28. The molecule has 0 radical (unpaired) electrons. The van der Waals surface area contributed by atoms with Gasteiger partial charge in [-0.3, -0.25) is 14.6 Å². The zero-order chi connectivity index (χ0) is 17.6. The van der Waals surface area contributed by atoms with Crippen molar-refractivity contribution in [3.8, 4) is 0 Å². The lowest BCUT2D eigenvalue weighted by molar-refractivity contribution is -0.133. The van der Waals surface area contributed by atoms with Crippen molar-refractivity contribution in [2.45, 2.75) is 44.4 Å². The third-order valence-electron chi connectivity index (χ3n) is 5.52. The minimum absolute atomic E-state index is 0.148. The smallest absolute Gasteiger partial charge is 0.236 e. The second kappa shape index (κ2) is 8.79. The maximum atomic E-state index is 12.7. The third-order valence-corrected chi connectivity index (χ3v) is 5.52. The van der Waals surface area contributed by atoms with Crippen LogP contribution in [0.2, 0.25) is 0 Å². The fourth-order valence-corrected chi connectivity index (χ4v) is 4.05. The first-order chi connectivity index (χ1) is 12.1. The van der Waals surface area contributed by atoms with Crippen molar-refractivity contribution in [2.75, 3.05) is 39.8 Å². The van der Waals surface area contributed by atoms with Crippen molar-refractivity contribution >= 4 is 5.91 Å². The molecule has 2 fully saturated rings. The molecule has 0 unspecified atom stereocenters. The highest BCUT2D eigenvalue weighted by Gasteiger charge is 2.27. The number of aliphatic hydroxyl groups excluding tert-OH is 1. The van der Waals surface area contributed by atoms with E-state index >= 15 is 0 Å². The van der Waals surface area contributed by atoms with Crippen molar-refractivity contribution in [3.05, 3.63) is 35.9 Å². The van der Waals surface area contributed by atoms with Gasteiger partial charge in [0.2, 0.25) is 5.91 Å². The largest absolute Gasteiger partial charge is 0.390 e. The van der Waals surface area contributed by atoms with Crippen LogP contribution in [0.25, 0.3) is 0 Å². The Morgan fingerprint density at radius 2 is 1.88 bits per heavy atom. The Hall–Kier alpha value is -1.43. The van der Waals surface area contributed by atoms with Crippen molar-refractivity contribution in [1.82, 2.24) is 14.7 Å². The molecular formula is C20H31N3O2. The molecule has 25 heavy (non-hydrogen) atoms. The molecule has 1 aliphatic carbocycles. The van der Waals surface area contributed by atoms with Crippen LogP contribution in [-0.4, -0.2) is 77.6 Å². The van der Waals surface area contributed by atoms with E-state index in [0.29, 0.717) is 32.2 Å². The number of hydrogen-bond donors (Lipinski definition) is 1. The quantitative estimate of drug-likeness (QED) is 0.880. The number of benzene rings is 1. The van der Waals surface area contributed by atoms with Gasteiger partial charge in [-0.2, -0.15) is 0 Å². The summed E-state index contributed by atoms with van der Waals surface area (Å²) in [5.41, 5.74) is 1.25. The topological polar surface area (TPSA) is 47.0 Å². The van der Waals surface area contributed by atoms with E-state index in [-0.39, 0.29) is 5.91 Å². The van der Waals surface area contributed by atoms with Gasteiger partial charge in [0.25, 0.3) is 0 Å². The molecular weight excluding hydrogens is 314 g/mol. The number of β-amino-alcohol motifs (C(OH)–C–C–N with tert-alkyl or cyclic N) is 1. The Labute approximate surface area is 151 Å². The SMILES string of the molecule is CN(CC(=O)N1CCN(Cc2ccccc2)C[C@H](O)C1)C1CCCC1.